The van der Waals surface area contributed by atoms with Gasteiger partial charge in [0.1, 0.15) is 5.82 Å². The Bertz CT molecular complexity index is 557. The van der Waals surface area contributed by atoms with Gasteiger partial charge in [0.25, 0.3) is 0 Å². The number of hydrogen-bond donors (Lipinski definition) is 2. The van der Waals surface area contributed by atoms with E-state index in [1.54, 1.807) is 0 Å². The molecule has 1 unspecified atom stereocenters. The molecule has 1 fully saturated rings. The normalized spacial score (nSPS) is 17.6. The van der Waals surface area contributed by atoms with Crippen molar-refractivity contribution >= 4 is 5.52 Å². The highest BCUT2D eigenvalue weighted by atomic mass is 16.3. The molecular formula is C13H17N3O. The predicted octanol–water partition coefficient (Wildman–Crippen LogP) is 1.51. The SMILES string of the molecule is Cc1nc(C2CC2)n2ccc(C(O)CN)cc12. The van der Waals surface area contributed by atoms with Crippen LogP contribution in [0.2, 0.25) is 0 Å². The Kier molecular flexibility index (Phi) is 2.42. The number of rotatable bonds is 3. The number of pyridine rings is 1. The van der Waals surface area contributed by atoms with Gasteiger partial charge in [-0.15, -0.1) is 0 Å². The van der Waals surface area contributed by atoms with Gasteiger partial charge in [0.05, 0.1) is 17.3 Å². The molecule has 1 atom stereocenters. The Morgan fingerprint density at radius 2 is 2.35 bits per heavy atom. The Hall–Kier alpha value is -1.39. The topological polar surface area (TPSA) is 63.5 Å². The summed E-state index contributed by atoms with van der Waals surface area (Å²) in [4.78, 5) is 4.63. The molecule has 0 bridgehead atoms. The van der Waals surface area contributed by atoms with Crippen molar-refractivity contribution in [2.45, 2.75) is 31.8 Å². The quantitative estimate of drug-likeness (QED) is 0.841. The molecular weight excluding hydrogens is 214 g/mol. The van der Waals surface area contributed by atoms with Gasteiger partial charge in [-0.05, 0) is 37.5 Å². The van der Waals surface area contributed by atoms with E-state index in [4.69, 9.17) is 5.73 Å². The summed E-state index contributed by atoms with van der Waals surface area (Å²) >= 11 is 0. The summed E-state index contributed by atoms with van der Waals surface area (Å²) in [7, 11) is 0. The van der Waals surface area contributed by atoms with Gasteiger partial charge in [0.15, 0.2) is 0 Å². The maximum Gasteiger partial charge on any atom is 0.116 e. The van der Waals surface area contributed by atoms with Crippen molar-refractivity contribution in [1.82, 2.24) is 9.38 Å². The van der Waals surface area contributed by atoms with E-state index in [0.29, 0.717) is 5.92 Å². The van der Waals surface area contributed by atoms with E-state index in [9.17, 15) is 5.11 Å². The molecule has 0 aromatic carbocycles. The molecule has 3 N–H and O–H groups in total. The van der Waals surface area contributed by atoms with E-state index in [-0.39, 0.29) is 6.54 Å². The minimum atomic E-state index is -0.585. The third kappa shape index (κ3) is 1.73. The standard InChI is InChI=1S/C13H17N3O/c1-8-11-6-10(12(17)7-14)4-5-16(11)13(15-8)9-2-3-9/h4-6,9,12,17H,2-3,7,14H2,1H3. The fourth-order valence-electron chi connectivity index (χ4n) is 2.25. The molecule has 1 aliphatic rings. The third-order valence-corrected chi connectivity index (χ3v) is 3.43. The number of aryl methyl sites for hydroxylation is 1. The second kappa shape index (κ2) is 3.82. The molecule has 3 rings (SSSR count). The fourth-order valence-corrected chi connectivity index (χ4v) is 2.25. The maximum absolute atomic E-state index is 9.75. The number of aliphatic hydroxyl groups excluding tert-OH is 1. The van der Waals surface area contributed by atoms with Crippen LogP contribution >= 0.6 is 0 Å². The lowest BCUT2D eigenvalue weighted by Gasteiger charge is -2.09. The highest BCUT2D eigenvalue weighted by Gasteiger charge is 2.28. The number of hydrogen-bond acceptors (Lipinski definition) is 3. The van der Waals surface area contributed by atoms with E-state index in [1.165, 1.54) is 12.8 Å². The molecule has 0 amide bonds. The number of nitrogens with two attached hydrogens (primary N) is 1. The van der Waals surface area contributed by atoms with Gasteiger partial charge in [0.2, 0.25) is 0 Å². The van der Waals surface area contributed by atoms with Crippen molar-refractivity contribution in [3.63, 3.8) is 0 Å². The lowest BCUT2D eigenvalue weighted by atomic mass is 10.1. The van der Waals surface area contributed by atoms with Crippen LogP contribution in [0.5, 0.6) is 0 Å². The summed E-state index contributed by atoms with van der Waals surface area (Å²) in [5, 5.41) is 9.75. The molecule has 0 radical (unpaired) electrons. The zero-order valence-corrected chi connectivity index (χ0v) is 9.93. The summed E-state index contributed by atoms with van der Waals surface area (Å²) in [6.45, 7) is 2.26. The van der Waals surface area contributed by atoms with Gasteiger partial charge in [-0.3, -0.25) is 0 Å². The van der Waals surface area contributed by atoms with Crippen LogP contribution in [-0.4, -0.2) is 21.0 Å². The molecule has 2 heterocycles. The Morgan fingerprint density at radius 3 is 3.00 bits per heavy atom. The monoisotopic (exact) mass is 231 g/mol. The maximum atomic E-state index is 9.75. The van der Waals surface area contributed by atoms with E-state index >= 15 is 0 Å². The van der Waals surface area contributed by atoms with E-state index in [0.717, 1.165) is 22.6 Å². The van der Waals surface area contributed by atoms with Gasteiger partial charge in [0, 0.05) is 18.7 Å². The number of aromatic nitrogens is 2. The minimum absolute atomic E-state index is 0.249. The third-order valence-electron chi connectivity index (χ3n) is 3.43. The van der Waals surface area contributed by atoms with Crippen LogP contribution < -0.4 is 5.73 Å². The summed E-state index contributed by atoms with van der Waals surface area (Å²) in [6.07, 6.45) is 3.90. The molecule has 2 aromatic rings. The van der Waals surface area contributed by atoms with Crippen LogP contribution in [0.1, 0.15) is 41.9 Å². The molecule has 90 valence electrons. The lowest BCUT2D eigenvalue weighted by molar-refractivity contribution is 0.187. The molecule has 0 aliphatic heterocycles. The van der Waals surface area contributed by atoms with Gasteiger partial charge in [-0.1, -0.05) is 0 Å². The van der Waals surface area contributed by atoms with E-state index in [2.05, 4.69) is 9.38 Å². The lowest BCUT2D eigenvalue weighted by Crippen LogP contribution is -2.11. The van der Waals surface area contributed by atoms with Crippen molar-refractivity contribution in [3.05, 3.63) is 35.4 Å². The smallest absolute Gasteiger partial charge is 0.116 e. The minimum Gasteiger partial charge on any atom is -0.387 e. The van der Waals surface area contributed by atoms with Crippen LogP contribution in [0.3, 0.4) is 0 Å². The van der Waals surface area contributed by atoms with Gasteiger partial charge in [-0.25, -0.2) is 4.98 Å². The van der Waals surface area contributed by atoms with Gasteiger partial charge >= 0.3 is 0 Å². The first-order chi connectivity index (χ1) is 8.20. The number of nitrogens with zero attached hydrogens (tertiary/aromatic N) is 2. The first kappa shape index (κ1) is 10.7. The van der Waals surface area contributed by atoms with Crippen LogP contribution in [0.15, 0.2) is 18.3 Å². The van der Waals surface area contributed by atoms with Crippen LogP contribution in [0.4, 0.5) is 0 Å². The summed E-state index contributed by atoms with van der Waals surface area (Å²) in [5.41, 5.74) is 8.45. The molecule has 4 nitrogen and oxygen atoms in total. The molecule has 4 heteroatoms. The first-order valence-electron chi connectivity index (χ1n) is 6.07. The summed E-state index contributed by atoms with van der Waals surface area (Å²) in [5.74, 6) is 1.78. The largest absolute Gasteiger partial charge is 0.387 e. The Balaban J connectivity index is 2.13. The molecule has 1 saturated carbocycles. The highest BCUT2D eigenvalue weighted by molar-refractivity contribution is 5.55. The van der Waals surface area contributed by atoms with Gasteiger partial charge in [-0.2, -0.15) is 0 Å². The molecule has 0 saturated heterocycles. The zero-order valence-electron chi connectivity index (χ0n) is 9.93. The second-order valence-electron chi connectivity index (χ2n) is 4.80. The molecule has 2 aromatic heterocycles. The van der Waals surface area contributed by atoms with Crippen LogP contribution in [-0.2, 0) is 0 Å². The molecule has 0 spiro atoms. The van der Waals surface area contributed by atoms with Crippen molar-refractivity contribution in [2.75, 3.05) is 6.54 Å². The predicted molar refractivity (Wildman–Crippen MR) is 65.9 cm³/mol. The summed E-state index contributed by atoms with van der Waals surface area (Å²) in [6, 6.07) is 3.92. The van der Waals surface area contributed by atoms with Crippen LogP contribution in [0.25, 0.3) is 5.52 Å². The number of fused-ring (bicyclic) bond motifs is 1. The second-order valence-corrected chi connectivity index (χ2v) is 4.80. The van der Waals surface area contributed by atoms with Crippen molar-refractivity contribution < 1.29 is 5.11 Å². The molecule has 17 heavy (non-hydrogen) atoms. The average molecular weight is 231 g/mol. The highest BCUT2D eigenvalue weighted by Crippen LogP contribution is 2.40. The van der Waals surface area contributed by atoms with E-state index in [1.807, 2.05) is 25.3 Å². The van der Waals surface area contributed by atoms with E-state index < -0.39 is 6.10 Å². The zero-order chi connectivity index (χ0) is 12.0. The number of imidazole rings is 1. The van der Waals surface area contributed by atoms with Crippen molar-refractivity contribution in [3.8, 4) is 0 Å². The Labute approximate surface area is 100 Å². The van der Waals surface area contributed by atoms with Crippen molar-refractivity contribution in [2.24, 2.45) is 5.73 Å². The van der Waals surface area contributed by atoms with Crippen LogP contribution in [0, 0.1) is 6.92 Å². The average Bonchev–Trinajstić information content (AvgIpc) is 3.14. The molecule has 1 aliphatic carbocycles. The van der Waals surface area contributed by atoms with Crippen molar-refractivity contribution in [1.29, 1.82) is 0 Å². The Morgan fingerprint density at radius 1 is 1.59 bits per heavy atom. The fraction of sp³-hybridized carbons (Fsp3) is 0.462. The number of aliphatic hydroxyl groups is 1. The first-order valence-corrected chi connectivity index (χ1v) is 6.07. The van der Waals surface area contributed by atoms with Gasteiger partial charge < -0.3 is 15.2 Å². The summed E-state index contributed by atoms with van der Waals surface area (Å²) < 4.78 is 2.14.